The molecule has 2 aromatic carbocycles. The van der Waals surface area contributed by atoms with Gasteiger partial charge in [-0.15, -0.1) is 0 Å². The molecule has 1 saturated heterocycles. The van der Waals surface area contributed by atoms with Crippen molar-refractivity contribution >= 4 is 34.9 Å². The van der Waals surface area contributed by atoms with E-state index in [1.807, 2.05) is 30.3 Å². The maximum absolute atomic E-state index is 11.7. The van der Waals surface area contributed by atoms with Crippen molar-refractivity contribution in [2.24, 2.45) is 5.92 Å². The molecule has 0 spiro atoms. The van der Waals surface area contributed by atoms with Crippen LogP contribution in [0.5, 0.6) is 0 Å². The zero-order chi connectivity index (χ0) is 20.1. The van der Waals surface area contributed by atoms with Crippen LogP contribution in [0.2, 0.25) is 10.0 Å². The van der Waals surface area contributed by atoms with E-state index in [9.17, 15) is 4.79 Å². The molecule has 0 unspecified atom stereocenters. The molecule has 4 nitrogen and oxygen atoms in total. The molecule has 150 valence electrons. The first-order chi connectivity index (χ1) is 13.4. The lowest BCUT2D eigenvalue weighted by Crippen LogP contribution is -2.34. The summed E-state index contributed by atoms with van der Waals surface area (Å²) in [6.07, 6.45) is 3.28. The van der Waals surface area contributed by atoms with Gasteiger partial charge in [-0.25, -0.2) is 4.79 Å². The summed E-state index contributed by atoms with van der Waals surface area (Å²) in [5.74, 6) is 0.635. The Morgan fingerprint density at radius 2 is 1.86 bits per heavy atom. The highest BCUT2D eigenvalue weighted by Gasteiger charge is 2.21. The second-order valence-corrected chi connectivity index (χ2v) is 8.37. The van der Waals surface area contributed by atoms with Gasteiger partial charge in [0.15, 0.2) is 0 Å². The van der Waals surface area contributed by atoms with Crippen molar-refractivity contribution in [3.05, 3.63) is 63.1 Å². The Labute approximate surface area is 177 Å². The average molecular weight is 420 g/mol. The van der Waals surface area contributed by atoms with E-state index in [1.165, 1.54) is 11.1 Å². The fraction of sp³-hybridized carbons (Fsp3) is 0.409. The molecule has 0 saturated carbocycles. The Hall–Kier alpha value is -1.75. The lowest BCUT2D eigenvalue weighted by Gasteiger charge is -2.32. The topological polar surface area (TPSA) is 44.4 Å². The number of halogens is 2. The highest BCUT2D eigenvalue weighted by atomic mass is 35.5. The number of urea groups is 1. The number of rotatable bonds is 5. The van der Waals surface area contributed by atoms with Crippen molar-refractivity contribution in [1.82, 2.24) is 10.2 Å². The Bertz CT molecular complexity index is 833. The zero-order valence-electron chi connectivity index (χ0n) is 16.4. The quantitative estimate of drug-likeness (QED) is 0.670. The van der Waals surface area contributed by atoms with E-state index in [2.05, 4.69) is 28.5 Å². The van der Waals surface area contributed by atoms with Gasteiger partial charge in [0.1, 0.15) is 0 Å². The number of carbonyl (C=O) groups is 1. The molecule has 0 atom stereocenters. The van der Waals surface area contributed by atoms with E-state index in [-0.39, 0.29) is 6.03 Å². The summed E-state index contributed by atoms with van der Waals surface area (Å²) < 4.78 is 0. The maximum atomic E-state index is 11.7. The number of likely N-dealkylation sites (tertiary alicyclic amines) is 1. The van der Waals surface area contributed by atoms with E-state index in [1.54, 1.807) is 7.05 Å². The van der Waals surface area contributed by atoms with Gasteiger partial charge in [-0.1, -0.05) is 47.0 Å². The van der Waals surface area contributed by atoms with Crippen molar-refractivity contribution in [2.75, 3.05) is 25.5 Å². The van der Waals surface area contributed by atoms with Crippen LogP contribution in [-0.4, -0.2) is 31.1 Å². The molecule has 0 aliphatic carbocycles. The molecule has 28 heavy (non-hydrogen) atoms. The third-order valence-electron chi connectivity index (χ3n) is 5.36. The van der Waals surface area contributed by atoms with E-state index in [4.69, 9.17) is 23.2 Å². The lowest BCUT2D eigenvalue weighted by molar-refractivity contribution is 0.177. The molecule has 2 N–H and O–H groups in total. The van der Waals surface area contributed by atoms with Gasteiger partial charge in [0.25, 0.3) is 0 Å². The molecule has 0 radical (unpaired) electrons. The van der Waals surface area contributed by atoms with Crippen LogP contribution in [0.3, 0.4) is 0 Å². The molecular formula is C22H27Cl2N3O. The van der Waals surface area contributed by atoms with Crippen LogP contribution >= 0.6 is 23.2 Å². The SMILES string of the molecule is CNC(=O)Nc1ccc(C)cc1CN1CCC(Cc2ccc(Cl)cc2Cl)CC1. The Morgan fingerprint density at radius 1 is 1.11 bits per heavy atom. The minimum absolute atomic E-state index is 0.191. The molecule has 1 fully saturated rings. The molecule has 1 aliphatic heterocycles. The Morgan fingerprint density at radius 3 is 2.54 bits per heavy atom. The summed E-state index contributed by atoms with van der Waals surface area (Å²) in [7, 11) is 1.63. The van der Waals surface area contributed by atoms with Crippen molar-refractivity contribution in [3.8, 4) is 0 Å². The normalized spacial score (nSPS) is 15.4. The second kappa shape index (κ2) is 9.64. The predicted octanol–water partition coefficient (Wildman–Crippen LogP) is 5.51. The van der Waals surface area contributed by atoms with Crippen LogP contribution < -0.4 is 10.6 Å². The monoisotopic (exact) mass is 419 g/mol. The third-order valence-corrected chi connectivity index (χ3v) is 5.95. The van der Waals surface area contributed by atoms with Gasteiger partial charge >= 0.3 is 6.03 Å². The number of nitrogens with one attached hydrogen (secondary N) is 2. The molecular weight excluding hydrogens is 393 g/mol. The first kappa shape index (κ1) is 21.0. The van der Waals surface area contributed by atoms with Crippen molar-refractivity contribution in [2.45, 2.75) is 32.7 Å². The van der Waals surface area contributed by atoms with Gasteiger partial charge in [0, 0.05) is 29.3 Å². The fourth-order valence-corrected chi connectivity index (χ4v) is 4.23. The molecule has 2 amide bonds. The van der Waals surface area contributed by atoms with Crippen LogP contribution in [0.4, 0.5) is 10.5 Å². The number of amides is 2. The summed E-state index contributed by atoms with van der Waals surface area (Å²) in [5.41, 5.74) is 4.41. The summed E-state index contributed by atoms with van der Waals surface area (Å²) >= 11 is 12.3. The second-order valence-electron chi connectivity index (χ2n) is 7.52. The summed E-state index contributed by atoms with van der Waals surface area (Å²) in [4.78, 5) is 14.2. The molecule has 0 bridgehead atoms. The number of piperidine rings is 1. The summed E-state index contributed by atoms with van der Waals surface area (Å²) in [6.45, 7) is 5.01. The largest absolute Gasteiger partial charge is 0.341 e. The summed E-state index contributed by atoms with van der Waals surface area (Å²) in [5, 5.41) is 6.99. The van der Waals surface area contributed by atoms with Crippen LogP contribution in [0, 0.1) is 12.8 Å². The van der Waals surface area contributed by atoms with Crippen LogP contribution in [0.25, 0.3) is 0 Å². The Balaban J connectivity index is 1.58. The number of nitrogens with zero attached hydrogens (tertiary/aromatic N) is 1. The van der Waals surface area contributed by atoms with Gasteiger partial charge in [-0.3, -0.25) is 4.90 Å². The molecule has 1 heterocycles. The maximum Gasteiger partial charge on any atom is 0.318 e. The molecule has 2 aromatic rings. The number of anilines is 1. The van der Waals surface area contributed by atoms with E-state index < -0.39 is 0 Å². The highest BCUT2D eigenvalue weighted by molar-refractivity contribution is 6.35. The minimum Gasteiger partial charge on any atom is -0.341 e. The van der Waals surface area contributed by atoms with Gasteiger partial charge in [-0.2, -0.15) is 0 Å². The minimum atomic E-state index is -0.191. The van der Waals surface area contributed by atoms with Crippen molar-refractivity contribution < 1.29 is 4.79 Å². The predicted molar refractivity (Wildman–Crippen MR) is 117 cm³/mol. The number of hydrogen-bond acceptors (Lipinski definition) is 2. The first-order valence-electron chi connectivity index (χ1n) is 9.69. The van der Waals surface area contributed by atoms with Crippen molar-refractivity contribution in [3.63, 3.8) is 0 Å². The number of carbonyl (C=O) groups excluding carboxylic acids is 1. The van der Waals surface area contributed by atoms with E-state index in [0.29, 0.717) is 10.9 Å². The lowest BCUT2D eigenvalue weighted by atomic mass is 9.90. The van der Waals surface area contributed by atoms with Gasteiger partial charge < -0.3 is 10.6 Å². The fourth-order valence-electron chi connectivity index (χ4n) is 3.75. The Kier molecular flexibility index (Phi) is 7.22. The van der Waals surface area contributed by atoms with Gasteiger partial charge in [-0.05, 0) is 74.5 Å². The van der Waals surface area contributed by atoms with Crippen molar-refractivity contribution in [1.29, 1.82) is 0 Å². The van der Waals surface area contributed by atoms with Gasteiger partial charge in [0.05, 0.1) is 0 Å². The molecule has 6 heteroatoms. The number of benzene rings is 2. The van der Waals surface area contributed by atoms with Crippen LogP contribution in [0.1, 0.15) is 29.5 Å². The molecule has 1 aliphatic rings. The number of aryl methyl sites for hydroxylation is 1. The number of hydrogen-bond donors (Lipinski definition) is 2. The first-order valence-corrected chi connectivity index (χ1v) is 10.4. The van der Waals surface area contributed by atoms with E-state index >= 15 is 0 Å². The van der Waals surface area contributed by atoms with Crippen LogP contribution in [0.15, 0.2) is 36.4 Å². The highest BCUT2D eigenvalue weighted by Crippen LogP contribution is 2.29. The van der Waals surface area contributed by atoms with Crippen LogP contribution in [-0.2, 0) is 13.0 Å². The average Bonchev–Trinajstić information content (AvgIpc) is 2.67. The summed E-state index contributed by atoms with van der Waals surface area (Å²) in [6, 6.07) is 11.8. The smallest absolute Gasteiger partial charge is 0.318 e. The van der Waals surface area contributed by atoms with E-state index in [0.717, 1.165) is 55.2 Å². The third kappa shape index (κ3) is 5.63. The standard InChI is InChI=1S/C22H27Cl2N3O/c1-15-3-6-21(26-22(28)25-2)18(11-15)14-27-9-7-16(8-10-27)12-17-4-5-19(23)13-20(17)24/h3-6,11,13,16H,7-10,12,14H2,1-2H3,(H2,25,26,28). The van der Waals surface area contributed by atoms with Gasteiger partial charge in [0.2, 0.25) is 0 Å². The molecule has 0 aromatic heterocycles. The zero-order valence-corrected chi connectivity index (χ0v) is 17.9. The molecule has 3 rings (SSSR count).